The van der Waals surface area contributed by atoms with Crippen LogP contribution in [-0.2, 0) is 9.59 Å². The van der Waals surface area contributed by atoms with E-state index in [1.54, 1.807) is 24.3 Å². The van der Waals surface area contributed by atoms with Crippen LogP contribution in [0.15, 0.2) is 63.0 Å². The number of barbiturate groups is 1. The summed E-state index contributed by atoms with van der Waals surface area (Å²) in [7, 11) is 0. The van der Waals surface area contributed by atoms with Gasteiger partial charge in [-0.25, -0.2) is 9.69 Å². The second-order valence-electron chi connectivity index (χ2n) is 8.30. The third-order valence-electron chi connectivity index (χ3n) is 5.75. The van der Waals surface area contributed by atoms with Crippen molar-refractivity contribution >= 4 is 72.8 Å². The number of benzene rings is 3. The number of halogens is 2. The average Bonchev–Trinajstić information content (AvgIpc) is 2.85. The minimum atomic E-state index is -0.951. The van der Waals surface area contributed by atoms with Crippen LogP contribution in [0.25, 0.3) is 6.08 Å². The molecule has 39 heavy (non-hydrogen) atoms. The Bertz CT molecular complexity index is 1640. The maximum absolute atomic E-state index is 13.4. The van der Waals surface area contributed by atoms with Crippen LogP contribution in [-0.4, -0.2) is 27.7 Å². The van der Waals surface area contributed by atoms with Crippen LogP contribution in [0.5, 0.6) is 11.5 Å². The molecule has 12 nitrogen and oxygen atoms in total. The third-order valence-corrected chi connectivity index (χ3v) is 6.80. The van der Waals surface area contributed by atoms with Gasteiger partial charge in [0.15, 0.2) is 0 Å². The molecule has 4 rings (SSSR count). The Kier molecular flexibility index (Phi) is 7.60. The lowest BCUT2D eigenvalue weighted by Crippen LogP contribution is -2.54. The molecule has 3 aromatic carbocycles. The van der Waals surface area contributed by atoms with Crippen molar-refractivity contribution in [1.29, 1.82) is 0 Å². The molecular weight excluding hydrogens is 644 g/mol. The molecule has 4 amide bonds. The Morgan fingerprint density at radius 3 is 2.28 bits per heavy atom. The SMILES string of the molecule is Cc1ccc(N2C(=O)NC(=O)/C(=C\c3cc(Br)cc(Br)c3Oc3ccc([N+](=O)[O-])cc3[N+](=O)[O-])C2=O)cc1C. The van der Waals surface area contributed by atoms with Crippen LogP contribution in [0.3, 0.4) is 0 Å². The van der Waals surface area contributed by atoms with Crippen LogP contribution < -0.4 is 15.0 Å². The van der Waals surface area contributed by atoms with E-state index < -0.39 is 44.6 Å². The minimum absolute atomic E-state index is 0.0297. The Hall–Kier alpha value is -4.43. The molecule has 14 heteroatoms. The molecule has 0 aliphatic carbocycles. The highest BCUT2D eigenvalue weighted by Gasteiger charge is 2.37. The van der Waals surface area contributed by atoms with Gasteiger partial charge in [0.25, 0.3) is 17.5 Å². The van der Waals surface area contributed by atoms with E-state index in [0.29, 0.717) is 4.47 Å². The number of ether oxygens (including phenoxy) is 1. The van der Waals surface area contributed by atoms with Gasteiger partial charge in [0.05, 0.1) is 26.1 Å². The lowest BCUT2D eigenvalue weighted by Gasteiger charge is -2.27. The van der Waals surface area contributed by atoms with Crippen molar-refractivity contribution in [3.63, 3.8) is 0 Å². The van der Waals surface area contributed by atoms with Crippen LogP contribution in [0.2, 0.25) is 0 Å². The summed E-state index contributed by atoms with van der Waals surface area (Å²) in [4.78, 5) is 60.6. The lowest BCUT2D eigenvalue weighted by atomic mass is 10.0. The van der Waals surface area contributed by atoms with Gasteiger partial charge < -0.3 is 4.74 Å². The molecule has 0 radical (unpaired) electrons. The fourth-order valence-corrected chi connectivity index (χ4v) is 5.00. The van der Waals surface area contributed by atoms with Gasteiger partial charge in [-0.05, 0) is 77.3 Å². The van der Waals surface area contributed by atoms with E-state index in [2.05, 4.69) is 37.2 Å². The number of amides is 4. The Morgan fingerprint density at radius 2 is 1.64 bits per heavy atom. The zero-order valence-electron chi connectivity index (χ0n) is 20.1. The van der Waals surface area contributed by atoms with Gasteiger partial charge in [-0.15, -0.1) is 0 Å². The van der Waals surface area contributed by atoms with Gasteiger partial charge in [0, 0.05) is 16.1 Å². The molecule has 3 aromatic rings. The molecule has 0 bridgehead atoms. The summed E-state index contributed by atoms with van der Waals surface area (Å²) in [5.41, 5.74) is 0.580. The molecule has 1 aliphatic rings. The van der Waals surface area contributed by atoms with Crippen LogP contribution in [0, 0.1) is 34.1 Å². The highest BCUT2D eigenvalue weighted by Crippen LogP contribution is 2.41. The first-order chi connectivity index (χ1) is 18.4. The van der Waals surface area contributed by atoms with Crippen molar-refractivity contribution in [3.05, 3.63) is 100.0 Å². The topological polar surface area (TPSA) is 162 Å². The molecule has 0 spiro atoms. The number of hydrogen-bond acceptors (Lipinski definition) is 8. The molecule has 198 valence electrons. The fourth-order valence-electron chi connectivity index (χ4n) is 3.67. The van der Waals surface area contributed by atoms with Crippen LogP contribution >= 0.6 is 31.9 Å². The molecule has 1 heterocycles. The minimum Gasteiger partial charge on any atom is -0.448 e. The standard InChI is InChI=1S/C25H16Br2N4O8/c1-12-3-4-16(7-13(12)2)29-24(33)18(23(32)28-25(29)34)9-14-8-15(26)10-19(27)22(14)39-21-6-5-17(30(35)36)11-20(21)31(37)38/h3-11H,1-2H3,(H,28,32,34)/b18-9+. The van der Waals surface area contributed by atoms with E-state index in [1.165, 1.54) is 12.1 Å². The monoisotopic (exact) mass is 658 g/mol. The first kappa shape index (κ1) is 27.6. The number of carbonyl (C=O) groups is 3. The van der Waals surface area contributed by atoms with Crippen molar-refractivity contribution in [1.82, 2.24) is 5.32 Å². The van der Waals surface area contributed by atoms with E-state index in [-0.39, 0.29) is 27.2 Å². The molecule has 0 aromatic heterocycles. The number of carbonyl (C=O) groups excluding carboxylic acids is 3. The van der Waals surface area contributed by atoms with E-state index in [4.69, 9.17) is 4.74 Å². The molecule has 0 unspecified atom stereocenters. The number of nitro groups is 2. The molecule has 0 atom stereocenters. The Labute approximate surface area is 236 Å². The van der Waals surface area contributed by atoms with Gasteiger partial charge in [-0.1, -0.05) is 22.0 Å². The first-order valence-electron chi connectivity index (χ1n) is 11.0. The van der Waals surface area contributed by atoms with Crippen LogP contribution in [0.4, 0.5) is 21.9 Å². The van der Waals surface area contributed by atoms with Crippen molar-refractivity contribution in [2.75, 3.05) is 4.90 Å². The summed E-state index contributed by atoms with van der Waals surface area (Å²) in [6.45, 7) is 3.68. The zero-order chi connectivity index (χ0) is 28.6. The number of imide groups is 2. The molecular formula is C25H16Br2N4O8. The van der Waals surface area contributed by atoms with Gasteiger partial charge in [0.1, 0.15) is 11.3 Å². The van der Waals surface area contributed by atoms with Gasteiger partial charge >= 0.3 is 11.7 Å². The average molecular weight is 660 g/mol. The summed E-state index contributed by atoms with van der Waals surface area (Å²) in [5.74, 6) is -2.19. The predicted molar refractivity (Wildman–Crippen MR) is 147 cm³/mol. The maximum Gasteiger partial charge on any atom is 0.335 e. The number of nitrogens with one attached hydrogen (secondary N) is 1. The number of aryl methyl sites for hydroxylation is 2. The predicted octanol–water partition coefficient (Wildman–Crippen LogP) is 6.10. The van der Waals surface area contributed by atoms with Crippen LogP contribution in [0.1, 0.15) is 16.7 Å². The molecule has 1 fully saturated rings. The van der Waals surface area contributed by atoms with E-state index in [1.807, 2.05) is 13.8 Å². The largest absolute Gasteiger partial charge is 0.448 e. The molecule has 0 saturated carbocycles. The lowest BCUT2D eigenvalue weighted by molar-refractivity contribution is -0.394. The number of nitrogens with zero attached hydrogens (tertiary/aromatic N) is 3. The van der Waals surface area contributed by atoms with E-state index in [0.717, 1.165) is 34.2 Å². The Morgan fingerprint density at radius 1 is 0.923 bits per heavy atom. The molecule has 1 aliphatic heterocycles. The number of anilines is 1. The number of rotatable bonds is 6. The van der Waals surface area contributed by atoms with Crippen molar-refractivity contribution in [3.8, 4) is 11.5 Å². The van der Waals surface area contributed by atoms with E-state index >= 15 is 0 Å². The highest BCUT2D eigenvalue weighted by atomic mass is 79.9. The first-order valence-corrected chi connectivity index (χ1v) is 12.5. The maximum atomic E-state index is 13.4. The summed E-state index contributed by atoms with van der Waals surface area (Å²) >= 11 is 6.63. The fraction of sp³-hybridized carbons (Fsp3) is 0.0800. The number of nitro benzene ring substituents is 2. The van der Waals surface area contributed by atoms with Crippen molar-refractivity contribution in [2.45, 2.75) is 13.8 Å². The third kappa shape index (κ3) is 5.56. The summed E-state index contributed by atoms with van der Waals surface area (Å²) in [6.07, 6.45) is 1.18. The summed E-state index contributed by atoms with van der Waals surface area (Å²) in [6, 6.07) is 9.94. The van der Waals surface area contributed by atoms with Gasteiger partial charge in [-0.2, -0.15) is 0 Å². The Balaban J connectivity index is 1.82. The quantitative estimate of drug-likeness (QED) is 0.144. The summed E-state index contributed by atoms with van der Waals surface area (Å²) in [5, 5.41) is 24.8. The smallest absolute Gasteiger partial charge is 0.335 e. The number of hydrogen-bond donors (Lipinski definition) is 1. The van der Waals surface area contributed by atoms with E-state index in [9.17, 15) is 34.6 Å². The second-order valence-corrected chi connectivity index (χ2v) is 10.1. The van der Waals surface area contributed by atoms with Gasteiger partial charge in [-0.3, -0.25) is 35.1 Å². The molecule has 1 saturated heterocycles. The molecule has 1 N–H and O–H groups in total. The van der Waals surface area contributed by atoms with Crippen molar-refractivity contribution in [2.24, 2.45) is 0 Å². The summed E-state index contributed by atoms with van der Waals surface area (Å²) < 4.78 is 6.57. The normalized spacial score (nSPS) is 14.4. The number of non-ortho nitro benzene ring substituents is 1. The van der Waals surface area contributed by atoms with Gasteiger partial charge in [0.2, 0.25) is 5.75 Å². The zero-order valence-corrected chi connectivity index (χ0v) is 23.2. The van der Waals surface area contributed by atoms with Crippen molar-refractivity contribution < 1.29 is 29.0 Å². The highest BCUT2D eigenvalue weighted by molar-refractivity contribution is 9.11. The second kappa shape index (κ2) is 10.7. The number of urea groups is 1.